The third-order valence-corrected chi connectivity index (χ3v) is 7.18. The average molecular weight is 477 g/mol. The molecule has 1 amide bonds. The summed E-state index contributed by atoms with van der Waals surface area (Å²) in [6.07, 6.45) is 2.02. The molecule has 0 aliphatic carbocycles. The number of nitrogens with zero attached hydrogens (tertiary/aromatic N) is 2. The molecule has 1 unspecified atom stereocenters. The second-order valence-electron chi connectivity index (χ2n) is 9.11. The summed E-state index contributed by atoms with van der Waals surface area (Å²) in [5, 5.41) is 13.4. The van der Waals surface area contributed by atoms with Crippen molar-refractivity contribution in [1.29, 1.82) is 0 Å². The number of hydrogen-bond acceptors (Lipinski definition) is 6. The Morgan fingerprint density at radius 3 is 2.63 bits per heavy atom. The summed E-state index contributed by atoms with van der Waals surface area (Å²) >= 11 is 0. The first-order valence-electron chi connectivity index (χ1n) is 12.2. The molecule has 0 radical (unpaired) electrons. The normalized spacial score (nSPS) is 18.7. The summed E-state index contributed by atoms with van der Waals surface area (Å²) in [5.74, 6) is 1.54. The summed E-state index contributed by atoms with van der Waals surface area (Å²) in [4.78, 5) is 17.5. The van der Waals surface area contributed by atoms with Crippen LogP contribution in [0.3, 0.4) is 0 Å². The summed E-state index contributed by atoms with van der Waals surface area (Å²) in [5.41, 5.74) is 2.22. The number of carbonyl (C=O) groups excluding carboxylic acids is 1. The second kappa shape index (κ2) is 10.1. The number of hydrogen-bond donors (Lipinski definition) is 1. The number of methoxy groups -OCH3 is 2. The number of benzene rings is 3. The second-order valence-corrected chi connectivity index (χ2v) is 9.11. The van der Waals surface area contributed by atoms with Crippen molar-refractivity contribution in [3.63, 3.8) is 0 Å². The van der Waals surface area contributed by atoms with Crippen LogP contribution in [0.25, 0.3) is 10.8 Å². The van der Waals surface area contributed by atoms with Gasteiger partial charge in [-0.05, 0) is 54.4 Å². The number of phenols is 1. The van der Waals surface area contributed by atoms with Gasteiger partial charge < -0.3 is 24.2 Å². The van der Waals surface area contributed by atoms with Gasteiger partial charge >= 0.3 is 0 Å². The minimum Gasteiger partial charge on any atom is -0.507 e. The van der Waals surface area contributed by atoms with E-state index in [4.69, 9.17) is 14.2 Å². The van der Waals surface area contributed by atoms with Gasteiger partial charge in [-0.3, -0.25) is 9.69 Å². The van der Waals surface area contributed by atoms with Crippen molar-refractivity contribution in [1.82, 2.24) is 9.80 Å². The minimum atomic E-state index is -0.148. The molecular weight excluding hydrogens is 444 g/mol. The maximum Gasteiger partial charge on any atom is 0.257 e. The molecule has 1 N–H and O–H groups in total. The van der Waals surface area contributed by atoms with E-state index >= 15 is 0 Å². The quantitative estimate of drug-likeness (QED) is 0.570. The van der Waals surface area contributed by atoms with Crippen LogP contribution in [0.4, 0.5) is 0 Å². The molecule has 0 bridgehead atoms. The van der Waals surface area contributed by atoms with Gasteiger partial charge in [0.2, 0.25) is 0 Å². The highest BCUT2D eigenvalue weighted by Crippen LogP contribution is 2.42. The van der Waals surface area contributed by atoms with E-state index in [0.717, 1.165) is 52.8 Å². The summed E-state index contributed by atoms with van der Waals surface area (Å²) in [6.45, 7) is 3.52. The first-order valence-corrected chi connectivity index (χ1v) is 12.2. The van der Waals surface area contributed by atoms with Crippen LogP contribution in [0.2, 0.25) is 0 Å². The zero-order chi connectivity index (χ0) is 24.4. The molecule has 0 spiro atoms. The van der Waals surface area contributed by atoms with E-state index in [1.165, 1.54) is 0 Å². The van der Waals surface area contributed by atoms with Crippen LogP contribution in [0.5, 0.6) is 17.2 Å². The van der Waals surface area contributed by atoms with E-state index in [2.05, 4.69) is 4.90 Å². The molecule has 3 aromatic rings. The fourth-order valence-corrected chi connectivity index (χ4v) is 5.34. The predicted molar refractivity (Wildman–Crippen MR) is 134 cm³/mol. The summed E-state index contributed by atoms with van der Waals surface area (Å²) in [7, 11) is 3.35. The highest BCUT2D eigenvalue weighted by molar-refractivity contribution is 6.03. The molecule has 0 aromatic heterocycles. The van der Waals surface area contributed by atoms with Crippen molar-refractivity contribution in [3.8, 4) is 17.2 Å². The SMILES string of the molecule is COc1ccc(OC)c(C2CCCN2Cc2c(O)c(C(=O)N3CCOCC3)cc3ccccc23)c1. The summed E-state index contributed by atoms with van der Waals surface area (Å²) < 4.78 is 16.6. The Labute approximate surface area is 205 Å². The molecule has 2 saturated heterocycles. The van der Waals surface area contributed by atoms with Crippen molar-refractivity contribution < 1.29 is 24.1 Å². The maximum atomic E-state index is 13.4. The average Bonchev–Trinajstić information content (AvgIpc) is 3.38. The number of phenolic OH excluding ortho intramolecular Hbond substituents is 1. The Morgan fingerprint density at radius 1 is 1.06 bits per heavy atom. The van der Waals surface area contributed by atoms with Crippen LogP contribution >= 0.6 is 0 Å². The Bertz CT molecular complexity index is 1220. The number of rotatable bonds is 6. The molecule has 184 valence electrons. The van der Waals surface area contributed by atoms with E-state index in [0.29, 0.717) is 38.4 Å². The monoisotopic (exact) mass is 476 g/mol. The Kier molecular flexibility index (Phi) is 6.79. The zero-order valence-electron chi connectivity index (χ0n) is 20.3. The number of fused-ring (bicyclic) bond motifs is 1. The van der Waals surface area contributed by atoms with Gasteiger partial charge in [0.05, 0.1) is 33.0 Å². The molecule has 0 saturated carbocycles. The lowest BCUT2D eigenvalue weighted by molar-refractivity contribution is 0.0301. The molecule has 1 atom stereocenters. The van der Waals surface area contributed by atoms with Crippen molar-refractivity contribution in [3.05, 3.63) is 65.2 Å². The van der Waals surface area contributed by atoms with Gasteiger partial charge in [-0.15, -0.1) is 0 Å². The summed E-state index contributed by atoms with van der Waals surface area (Å²) in [6, 6.07) is 15.8. The topological polar surface area (TPSA) is 71.5 Å². The number of morpholine rings is 1. The number of aromatic hydroxyl groups is 1. The van der Waals surface area contributed by atoms with Gasteiger partial charge in [0.25, 0.3) is 5.91 Å². The van der Waals surface area contributed by atoms with Crippen LogP contribution in [0, 0.1) is 0 Å². The van der Waals surface area contributed by atoms with Crippen LogP contribution in [0.15, 0.2) is 48.5 Å². The van der Waals surface area contributed by atoms with Crippen molar-refractivity contribution in [2.45, 2.75) is 25.4 Å². The van der Waals surface area contributed by atoms with E-state index < -0.39 is 0 Å². The van der Waals surface area contributed by atoms with Crippen LogP contribution < -0.4 is 9.47 Å². The number of amides is 1. The lowest BCUT2D eigenvalue weighted by atomic mass is 9.97. The molecule has 3 aromatic carbocycles. The third-order valence-electron chi connectivity index (χ3n) is 7.18. The fraction of sp³-hybridized carbons (Fsp3) is 0.393. The number of likely N-dealkylation sites (tertiary alicyclic amines) is 1. The van der Waals surface area contributed by atoms with Crippen LogP contribution in [0.1, 0.15) is 40.4 Å². The van der Waals surface area contributed by atoms with Gasteiger partial charge in [-0.25, -0.2) is 0 Å². The van der Waals surface area contributed by atoms with E-state index in [9.17, 15) is 9.90 Å². The fourth-order valence-electron chi connectivity index (χ4n) is 5.34. The van der Waals surface area contributed by atoms with Gasteiger partial charge in [-0.1, -0.05) is 24.3 Å². The molecule has 7 heteroatoms. The van der Waals surface area contributed by atoms with Crippen molar-refractivity contribution >= 4 is 16.7 Å². The van der Waals surface area contributed by atoms with Gasteiger partial charge in [0.15, 0.2) is 0 Å². The molecule has 7 nitrogen and oxygen atoms in total. The van der Waals surface area contributed by atoms with E-state index in [1.807, 2.05) is 48.5 Å². The molecule has 2 aliphatic rings. The molecule has 2 heterocycles. The largest absolute Gasteiger partial charge is 0.507 e. The Balaban J connectivity index is 1.53. The minimum absolute atomic E-state index is 0.0726. The molecular formula is C28H32N2O5. The van der Waals surface area contributed by atoms with Crippen molar-refractivity contribution in [2.24, 2.45) is 0 Å². The highest BCUT2D eigenvalue weighted by atomic mass is 16.5. The number of ether oxygens (including phenoxy) is 3. The lowest BCUT2D eigenvalue weighted by Crippen LogP contribution is -2.40. The highest BCUT2D eigenvalue weighted by Gasteiger charge is 2.31. The van der Waals surface area contributed by atoms with Crippen LogP contribution in [-0.2, 0) is 11.3 Å². The lowest BCUT2D eigenvalue weighted by Gasteiger charge is -2.29. The van der Waals surface area contributed by atoms with Crippen LogP contribution in [-0.4, -0.2) is 67.9 Å². The van der Waals surface area contributed by atoms with E-state index in [-0.39, 0.29) is 17.7 Å². The Morgan fingerprint density at radius 2 is 1.86 bits per heavy atom. The molecule has 5 rings (SSSR count). The van der Waals surface area contributed by atoms with Crippen molar-refractivity contribution in [2.75, 3.05) is 47.1 Å². The molecule has 2 fully saturated rings. The van der Waals surface area contributed by atoms with Gasteiger partial charge in [0, 0.05) is 36.8 Å². The Hall–Kier alpha value is -3.29. The molecule has 35 heavy (non-hydrogen) atoms. The number of carbonyl (C=O) groups is 1. The maximum absolute atomic E-state index is 13.4. The zero-order valence-corrected chi connectivity index (χ0v) is 20.3. The first kappa shape index (κ1) is 23.5. The van der Waals surface area contributed by atoms with Gasteiger partial charge in [0.1, 0.15) is 17.2 Å². The first-order chi connectivity index (χ1) is 17.1. The molecule has 2 aliphatic heterocycles. The van der Waals surface area contributed by atoms with Gasteiger partial charge in [-0.2, -0.15) is 0 Å². The van der Waals surface area contributed by atoms with E-state index in [1.54, 1.807) is 19.1 Å². The standard InChI is InChI=1S/C28H32N2O5/c1-33-20-9-10-26(34-2)22(17-20)25-8-5-11-30(25)18-24-21-7-4-3-6-19(21)16-23(27(24)31)28(32)29-12-14-35-15-13-29/h3-4,6-7,9-10,16-17,25,31H,5,8,11-15,18H2,1-2H3. The smallest absolute Gasteiger partial charge is 0.257 e. The third kappa shape index (κ3) is 4.54. The predicted octanol–water partition coefficient (Wildman–Crippen LogP) is 4.37.